The number of carbonyl (C=O) groups excluding carboxylic acids is 3. The number of hydrogen-bond donors (Lipinski definition) is 1. The Morgan fingerprint density at radius 3 is 2.50 bits per heavy atom. The van der Waals surface area contributed by atoms with E-state index in [4.69, 9.17) is 14.0 Å². The number of carbonyl (C=O) groups is 3. The fourth-order valence-corrected chi connectivity index (χ4v) is 3.49. The van der Waals surface area contributed by atoms with Gasteiger partial charge in [-0.25, -0.2) is 9.59 Å². The summed E-state index contributed by atoms with van der Waals surface area (Å²) in [7, 11) is 0. The molecule has 1 amide bonds. The molecular weight excluding hydrogens is 360 g/mol. The molecule has 0 radical (unpaired) electrons. The van der Waals surface area contributed by atoms with Crippen molar-refractivity contribution in [2.45, 2.75) is 34.1 Å². The summed E-state index contributed by atoms with van der Waals surface area (Å²) in [4.78, 5) is 37.0. The number of thiophene rings is 1. The fraction of sp³-hybridized carbons (Fsp3) is 0.412. The number of ether oxygens (including phenoxy) is 2. The molecule has 0 saturated heterocycles. The smallest absolute Gasteiger partial charge is 0.377 e. The van der Waals surface area contributed by atoms with Gasteiger partial charge < -0.3 is 19.3 Å². The Morgan fingerprint density at radius 2 is 1.92 bits per heavy atom. The first-order valence-corrected chi connectivity index (χ1v) is 8.88. The van der Waals surface area contributed by atoms with Crippen molar-refractivity contribution in [1.29, 1.82) is 0 Å². The lowest BCUT2D eigenvalue weighted by atomic mass is 10.1. The van der Waals surface area contributed by atoms with E-state index in [0.29, 0.717) is 22.7 Å². The summed E-state index contributed by atoms with van der Waals surface area (Å²) in [6.45, 7) is 6.89. The van der Waals surface area contributed by atoms with E-state index in [1.165, 1.54) is 17.4 Å². The molecule has 0 bridgehead atoms. The van der Waals surface area contributed by atoms with Crippen LogP contribution in [0.15, 0.2) is 10.6 Å². The molecule has 8 nitrogen and oxygen atoms in total. The van der Waals surface area contributed by atoms with E-state index in [-0.39, 0.29) is 12.4 Å². The summed E-state index contributed by atoms with van der Waals surface area (Å²) in [6.07, 6.45) is 0.631. The number of rotatable bonds is 7. The van der Waals surface area contributed by atoms with Gasteiger partial charge in [-0.1, -0.05) is 12.1 Å². The lowest BCUT2D eigenvalue weighted by Gasteiger charge is -2.08. The highest BCUT2D eigenvalue weighted by Gasteiger charge is 2.24. The second-order valence-corrected chi connectivity index (χ2v) is 6.60. The van der Waals surface area contributed by atoms with Gasteiger partial charge in [-0.2, -0.15) is 0 Å². The van der Waals surface area contributed by atoms with Gasteiger partial charge >= 0.3 is 11.9 Å². The van der Waals surface area contributed by atoms with Gasteiger partial charge in [0.15, 0.2) is 6.61 Å². The molecule has 0 aliphatic carbocycles. The Bertz CT molecular complexity index is 823. The van der Waals surface area contributed by atoms with Crippen LogP contribution in [0.3, 0.4) is 0 Å². The number of hydrogen-bond acceptors (Lipinski definition) is 8. The van der Waals surface area contributed by atoms with Gasteiger partial charge in [-0.3, -0.25) is 4.79 Å². The number of anilines is 1. The summed E-state index contributed by atoms with van der Waals surface area (Å²) >= 11 is 1.28. The van der Waals surface area contributed by atoms with Gasteiger partial charge in [-0.05, 0) is 32.8 Å². The zero-order chi connectivity index (χ0) is 19.3. The van der Waals surface area contributed by atoms with Crippen molar-refractivity contribution >= 4 is 34.2 Å². The van der Waals surface area contributed by atoms with Gasteiger partial charge in [0.2, 0.25) is 5.76 Å². The minimum absolute atomic E-state index is 0.0808. The van der Waals surface area contributed by atoms with Gasteiger partial charge in [0, 0.05) is 10.9 Å². The van der Waals surface area contributed by atoms with Crippen LogP contribution >= 0.6 is 11.3 Å². The SMILES string of the molecule is CCOC(=O)c1c(NC(=O)COC(=O)c2cc(C)no2)sc(C)c1CC. The van der Waals surface area contributed by atoms with Gasteiger partial charge in [0.25, 0.3) is 5.91 Å². The molecule has 2 heterocycles. The standard InChI is InChI=1S/C17H20N2O6S/c1-5-11-10(4)26-15(14(11)17(22)23-6-2)18-13(20)8-24-16(21)12-7-9(3)19-25-12/h7H,5-6,8H2,1-4H3,(H,18,20). The van der Waals surface area contributed by atoms with Crippen molar-refractivity contribution in [3.63, 3.8) is 0 Å². The zero-order valence-electron chi connectivity index (χ0n) is 15.0. The lowest BCUT2D eigenvalue weighted by molar-refractivity contribution is -0.119. The van der Waals surface area contributed by atoms with E-state index in [9.17, 15) is 14.4 Å². The molecule has 2 aromatic heterocycles. The Hall–Kier alpha value is -2.68. The summed E-state index contributed by atoms with van der Waals surface area (Å²) in [5.74, 6) is -1.92. The molecule has 0 unspecified atom stereocenters. The van der Waals surface area contributed by atoms with Crippen LogP contribution in [0.1, 0.15) is 50.9 Å². The number of esters is 2. The molecule has 0 spiro atoms. The predicted molar refractivity (Wildman–Crippen MR) is 94.5 cm³/mol. The van der Waals surface area contributed by atoms with Crippen molar-refractivity contribution in [2.24, 2.45) is 0 Å². The van der Waals surface area contributed by atoms with Crippen LogP contribution < -0.4 is 5.32 Å². The van der Waals surface area contributed by atoms with Crippen molar-refractivity contribution in [2.75, 3.05) is 18.5 Å². The van der Waals surface area contributed by atoms with E-state index < -0.39 is 24.5 Å². The topological polar surface area (TPSA) is 108 Å². The molecule has 0 atom stereocenters. The number of amides is 1. The van der Waals surface area contributed by atoms with Crippen LogP contribution in [0, 0.1) is 13.8 Å². The molecule has 2 rings (SSSR count). The second kappa shape index (κ2) is 8.61. The van der Waals surface area contributed by atoms with Gasteiger partial charge in [-0.15, -0.1) is 11.3 Å². The number of aryl methyl sites for hydroxylation is 2. The summed E-state index contributed by atoms with van der Waals surface area (Å²) in [5.41, 5.74) is 1.71. The molecule has 2 aromatic rings. The molecule has 26 heavy (non-hydrogen) atoms. The van der Waals surface area contributed by atoms with Gasteiger partial charge in [0.05, 0.1) is 17.9 Å². The average Bonchev–Trinajstić information content (AvgIpc) is 3.15. The molecule has 0 aromatic carbocycles. The number of aromatic nitrogens is 1. The highest BCUT2D eigenvalue weighted by atomic mass is 32.1. The monoisotopic (exact) mass is 380 g/mol. The van der Waals surface area contributed by atoms with Crippen LogP contribution in [0.5, 0.6) is 0 Å². The largest absolute Gasteiger partial charge is 0.462 e. The van der Waals surface area contributed by atoms with Crippen molar-refractivity contribution in [1.82, 2.24) is 5.16 Å². The molecule has 1 N–H and O–H groups in total. The average molecular weight is 380 g/mol. The quantitative estimate of drug-likeness (QED) is 0.736. The minimum Gasteiger partial charge on any atom is -0.462 e. The molecule has 0 saturated carbocycles. The normalized spacial score (nSPS) is 10.5. The second-order valence-electron chi connectivity index (χ2n) is 5.37. The molecule has 0 aliphatic heterocycles. The third-order valence-electron chi connectivity index (χ3n) is 3.46. The molecule has 0 fully saturated rings. The van der Waals surface area contributed by atoms with Crippen LogP contribution in [0.4, 0.5) is 5.00 Å². The Balaban J connectivity index is 2.06. The fourth-order valence-electron chi connectivity index (χ4n) is 2.34. The van der Waals surface area contributed by atoms with Gasteiger partial charge in [0.1, 0.15) is 5.00 Å². The third-order valence-corrected chi connectivity index (χ3v) is 4.52. The molecular formula is C17H20N2O6S. The first-order valence-electron chi connectivity index (χ1n) is 8.07. The highest BCUT2D eigenvalue weighted by Crippen LogP contribution is 2.34. The van der Waals surface area contributed by atoms with Crippen molar-refractivity contribution in [3.05, 3.63) is 33.5 Å². The third kappa shape index (κ3) is 4.48. The summed E-state index contributed by atoms with van der Waals surface area (Å²) in [6, 6.07) is 1.41. The van der Waals surface area contributed by atoms with E-state index in [1.807, 2.05) is 13.8 Å². The van der Waals surface area contributed by atoms with E-state index in [0.717, 1.165) is 10.4 Å². The lowest BCUT2D eigenvalue weighted by Crippen LogP contribution is -2.21. The summed E-state index contributed by atoms with van der Waals surface area (Å²) < 4.78 is 14.7. The highest BCUT2D eigenvalue weighted by molar-refractivity contribution is 7.16. The van der Waals surface area contributed by atoms with Crippen LogP contribution in [0.25, 0.3) is 0 Å². The Labute approximate surface area is 154 Å². The first-order chi connectivity index (χ1) is 12.4. The maximum absolute atomic E-state index is 12.2. The Kier molecular flexibility index (Phi) is 6.51. The van der Waals surface area contributed by atoms with E-state index >= 15 is 0 Å². The minimum atomic E-state index is -0.789. The number of nitrogens with one attached hydrogen (secondary N) is 1. The molecule has 140 valence electrons. The molecule has 9 heteroatoms. The zero-order valence-corrected chi connectivity index (χ0v) is 15.8. The maximum atomic E-state index is 12.2. The Morgan fingerprint density at radius 1 is 1.19 bits per heavy atom. The van der Waals surface area contributed by atoms with E-state index in [1.54, 1.807) is 13.8 Å². The predicted octanol–water partition coefficient (Wildman–Crippen LogP) is 2.89. The van der Waals surface area contributed by atoms with Crippen LogP contribution in [-0.2, 0) is 20.7 Å². The van der Waals surface area contributed by atoms with Crippen molar-refractivity contribution < 1.29 is 28.4 Å². The summed E-state index contributed by atoms with van der Waals surface area (Å²) in [5, 5.41) is 6.57. The van der Waals surface area contributed by atoms with Crippen LogP contribution in [0.2, 0.25) is 0 Å². The first kappa shape index (κ1) is 19.6. The van der Waals surface area contributed by atoms with Crippen molar-refractivity contribution in [3.8, 4) is 0 Å². The number of nitrogens with zero attached hydrogens (tertiary/aromatic N) is 1. The van der Waals surface area contributed by atoms with Crippen LogP contribution in [-0.4, -0.2) is 36.2 Å². The molecule has 0 aliphatic rings. The maximum Gasteiger partial charge on any atom is 0.377 e. The van der Waals surface area contributed by atoms with E-state index in [2.05, 4.69) is 10.5 Å².